The van der Waals surface area contributed by atoms with Gasteiger partial charge in [-0.05, 0) is 73.6 Å². The number of carbonyl (C=O) groups excluding carboxylic acids is 2. The van der Waals surface area contributed by atoms with Gasteiger partial charge in [0.25, 0.3) is 0 Å². The molecule has 42 heavy (non-hydrogen) atoms. The number of carbonyl (C=O) groups is 2. The van der Waals surface area contributed by atoms with Crippen molar-refractivity contribution in [3.8, 4) is 0 Å². The number of nitrogens with one attached hydrogen (secondary N) is 2. The molecule has 1 saturated carbocycles. The first-order valence-corrected chi connectivity index (χ1v) is 15.8. The lowest BCUT2D eigenvalue weighted by atomic mass is 10.0. The van der Waals surface area contributed by atoms with Crippen LogP contribution in [0.5, 0.6) is 0 Å². The minimum absolute atomic E-state index is 0.0128. The molecule has 10 heteroatoms. The molecule has 0 aliphatic heterocycles. The quantitative estimate of drug-likeness (QED) is 0.237. The molecule has 0 heterocycles. The zero-order chi connectivity index (χ0) is 30.0. The maximum atomic E-state index is 13.8. The Kier molecular flexibility index (Phi) is 11.2. The summed E-state index contributed by atoms with van der Waals surface area (Å²) in [5, 5.41) is 2.95. The Balaban J connectivity index is 1.52. The van der Waals surface area contributed by atoms with Crippen molar-refractivity contribution in [1.29, 1.82) is 0 Å². The highest BCUT2D eigenvalue weighted by molar-refractivity contribution is 7.89. The number of halogens is 1. The van der Waals surface area contributed by atoms with Gasteiger partial charge in [0.1, 0.15) is 11.9 Å². The molecule has 0 spiro atoms. The lowest BCUT2D eigenvalue weighted by molar-refractivity contribution is -0.141. The molecule has 0 bridgehead atoms. The molecule has 4 rings (SSSR count). The Labute approximate surface area is 247 Å². The molecule has 8 nitrogen and oxygen atoms in total. The fourth-order valence-corrected chi connectivity index (χ4v) is 5.87. The lowest BCUT2D eigenvalue weighted by Gasteiger charge is -2.32. The molecule has 1 aliphatic rings. The van der Waals surface area contributed by atoms with Crippen LogP contribution in [-0.2, 0) is 37.3 Å². The third-order valence-corrected chi connectivity index (χ3v) is 8.53. The standard InChI is InChI=1S/C32H38FN3O5S/c1-2-41-22-6-21-34-32(38)31(26-7-4-3-5-8-26)36(23-25-9-14-27(33)15-10-25)30(37)20-13-24-11-18-29(19-12-24)42(39,40)35-28-16-17-28/h3-5,7-12,14-15,18-19,28,31,35H,2,6,13,16-17,20-23H2,1H3,(H,34,38)/t31-/m1/s1. The highest BCUT2D eigenvalue weighted by Gasteiger charge is 2.31. The van der Waals surface area contributed by atoms with Crippen molar-refractivity contribution in [2.75, 3.05) is 19.8 Å². The van der Waals surface area contributed by atoms with Crippen molar-refractivity contribution >= 4 is 21.8 Å². The van der Waals surface area contributed by atoms with Crippen molar-refractivity contribution in [3.63, 3.8) is 0 Å². The molecule has 3 aromatic rings. The van der Waals surface area contributed by atoms with Gasteiger partial charge in [-0.25, -0.2) is 17.5 Å². The van der Waals surface area contributed by atoms with Crippen LogP contribution in [0.1, 0.15) is 55.3 Å². The minimum Gasteiger partial charge on any atom is -0.382 e. The molecule has 2 N–H and O–H groups in total. The van der Waals surface area contributed by atoms with Crippen LogP contribution in [-0.4, -0.2) is 50.9 Å². The van der Waals surface area contributed by atoms with E-state index in [2.05, 4.69) is 10.0 Å². The fourth-order valence-electron chi connectivity index (χ4n) is 4.56. The number of nitrogens with zero attached hydrogens (tertiary/aromatic N) is 1. The van der Waals surface area contributed by atoms with Crippen molar-refractivity contribution in [3.05, 3.63) is 101 Å². The van der Waals surface area contributed by atoms with Crippen LogP contribution in [0, 0.1) is 5.82 Å². The molecule has 224 valence electrons. The molecule has 0 saturated heterocycles. The van der Waals surface area contributed by atoms with E-state index in [0.717, 1.165) is 18.4 Å². The van der Waals surface area contributed by atoms with Crippen molar-refractivity contribution < 1.29 is 27.1 Å². The second-order valence-corrected chi connectivity index (χ2v) is 12.1. The van der Waals surface area contributed by atoms with Crippen molar-refractivity contribution in [2.45, 2.75) is 62.6 Å². The molecule has 0 radical (unpaired) electrons. The van der Waals surface area contributed by atoms with Gasteiger partial charge in [-0.1, -0.05) is 54.6 Å². The maximum absolute atomic E-state index is 13.8. The smallest absolute Gasteiger partial charge is 0.247 e. The van der Waals surface area contributed by atoms with E-state index in [9.17, 15) is 22.4 Å². The molecule has 3 aromatic carbocycles. The number of hydrogen-bond acceptors (Lipinski definition) is 5. The minimum atomic E-state index is -3.56. The largest absolute Gasteiger partial charge is 0.382 e. The van der Waals surface area contributed by atoms with Gasteiger partial charge in [0.15, 0.2) is 0 Å². The summed E-state index contributed by atoms with van der Waals surface area (Å²) < 4.78 is 46.7. The van der Waals surface area contributed by atoms with Gasteiger partial charge in [-0.3, -0.25) is 9.59 Å². The normalized spacial score (nSPS) is 13.9. The summed E-state index contributed by atoms with van der Waals surface area (Å²) in [5.74, 6) is -0.961. The third-order valence-electron chi connectivity index (χ3n) is 6.99. The van der Waals surface area contributed by atoms with Crippen molar-refractivity contribution in [2.24, 2.45) is 0 Å². The van der Waals surface area contributed by atoms with Crippen LogP contribution in [0.15, 0.2) is 83.8 Å². The first-order valence-electron chi connectivity index (χ1n) is 14.3. The summed E-state index contributed by atoms with van der Waals surface area (Å²) in [6.45, 7) is 3.52. The Morgan fingerprint density at radius 1 is 0.976 bits per heavy atom. The summed E-state index contributed by atoms with van der Waals surface area (Å²) in [7, 11) is -3.56. The third kappa shape index (κ3) is 9.20. The summed E-state index contributed by atoms with van der Waals surface area (Å²) >= 11 is 0. The Morgan fingerprint density at radius 3 is 2.29 bits per heavy atom. The zero-order valence-corrected chi connectivity index (χ0v) is 24.6. The van der Waals surface area contributed by atoms with Gasteiger partial charge in [0.2, 0.25) is 21.8 Å². The summed E-state index contributed by atoms with van der Waals surface area (Å²) in [6, 6.07) is 20.6. The van der Waals surface area contributed by atoms with Crippen LogP contribution in [0.2, 0.25) is 0 Å². The number of amides is 2. The Bertz CT molecular complexity index is 1410. The number of benzene rings is 3. The van der Waals surface area contributed by atoms with E-state index >= 15 is 0 Å². The average Bonchev–Trinajstić information content (AvgIpc) is 3.80. The molecule has 2 amide bonds. The second kappa shape index (κ2) is 15.0. The summed E-state index contributed by atoms with van der Waals surface area (Å²) in [4.78, 5) is 29.1. The highest BCUT2D eigenvalue weighted by atomic mass is 32.2. The molecule has 0 unspecified atom stereocenters. The van der Waals surface area contributed by atoms with E-state index in [0.29, 0.717) is 43.7 Å². The van der Waals surface area contributed by atoms with E-state index in [4.69, 9.17) is 4.74 Å². The van der Waals surface area contributed by atoms with E-state index < -0.39 is 16.1 Å². The van der Waals surface area contributed by atoms with Crippen molar-refractivity contribution in [1.82, 2.24) is 14.9 Å². The van der Waals surface area contributed by atoms with Gasteiger partial charge in [0.05, 0.1) is 4.90 Å². The monoisotopic (exact) mass is 595 g/mol. The SMILES string of the molecule is CCOCCCNC(=O)[C@@H](c1ccccc1)N(Cc1ccc(F)cc1)C(=O)CCc1ccc(S(=O)(=O)NC2CC2)cc1. The van der Waals surface area contributed by atoms with E-state index in [1.807, 2.05) is 37.3 Å². The number of aryl methyl sites for hydroxylation is 1. The second-order valence-electron chi connectivity index (χ2n) is 10.3. The Hall–Kier alpha value is -3.60. The maximum Gasteiger partial charge on any atom is 0.247 e. The van der Waals surface area contributed by atoms with Crippen LogP contribution in [0.25, 0.3) is 0 Å². The number of hydrogen-bond donors (Lipinski definition) is 2. The summed E-state index contributed by atoms with van der Waals surface area (Å²) in [6.07, 6.45) is 2.78. The Morgan fingerprint density at radius 2 is 1.64 bits per heavy atom. The summed E-state index contributed by atoms with van der Waals surface area (Å²) in [5.41, 5.74) is 2.15. The molecular weight excluding hydrogens is 557 g/mol. The molecule has 1 fully saturated rings. The fraction of sp³-hybridized carbons (Fsp3) is 0.375. The van der Waals surface area contributed by atoms with Crippen LogP contribution in [0.3, 0.4) is 0 Å². The number of sulfonamides is 1. The van der Waals surface area contributed by atoms with Gasteiger partial charge >= 0.3 is 0 Å². The van der Waals surface area contributed by atoms with Gasteiger partial charge in [-0.15, -0.1) is 0 Å². The van der Waals surface area contributed by atoms with E-state index in [1.54, 1.807) is 36.4 Å². The van der Waals surface area contributed by atoms with Gasteiger partial charge < -0.3 is 15.0 Å². The van der Waals surface area contributed by atoms with E-state index in [-0.39, 0.29) is 41.5 Å². The van der Waals surface area contributed by atoms with Crippen LogP contribution in [0.4, 0.5) is 4.39 Å². The zero-order valence-electron chi connectivity index (χ0n) is 23.8. The number of rotatable bonds is 16. The van der Waals surface area contributed by atoms with Crippen LogP contribution < -0.4 is 10.0 Å². The first kappa shape index (κ1) is 31.3. The van der Waals surface area contributed by atoms with Gasteiger partial charge in [-0.2, -0.15) is 0 Å². The molecular formula is C32H38FN3O5S. The predicted molar refractivity (Wildman–Crippen MR) is 158 cm³/mol. The predicted octanol–water partition coefficient (Wildman–Crippen LogP) is 4.51. The number of ether oxygens (including phenoxy) is 1. The molecule has 1 atom stereocenters. The lowest BCUT2D eigenvalue weighted by Crippen LogP contribution is -2.43. The molecule has 1 aliphatic carbocycles. The first-order chi connectivity index (χ1) is 20.3. The van der Waals surface area contributed by atoms with E-state index in [1.165, 1.54) is 17.0 Å². The van der Waals surface area contributed by atoms with Gasteiger partial charge in [0, 0.05) is 38.8 Å². The van der Waals surface area contributed by atoms with Crippen LogP contribution >= 0.6 is 0 Å². The molecule has 0 aromatic heterocycles. The topological polar surface area (TPSA) is 105 Å². The average molecular weight is 596 g/mol. The highest BCUT2D eigenvalue weighted by Crippen LogP contribution is 2.26.